The zero-order valence-electron chi connectivity index (χ0n) is 29.0. The lowest BCUT2D eigenvalue weighted by molar-refractivity contribution is 0.669. The second-order valence-electron chi connectivity index (χ2n) is 13.7. The van der Waals surface area contributed by atoms with Crippen LogP contribution >= 0.6 is 11.3 Å². The maximum atomic E-state index is 6.49. The van der Waals surface area contributed by atoms with E-state index >= 15 is 0 Å². The lowest BCUT2D eigenvalue weighted by Crippen LogP contribution is -1.92. The number of pyridine rings is 2. The van der Waals surface area contributed by atoms with Crippen molar-refractivity contribution in [2.45, 2.75) is 0 Å². The molecule has 0 aliphatic carbocycles. The highest BCUT2D eigenvalue weighted by atomic mass is 32.1. The first-order valence-electron chi connectivity index (χ1n) is 18.1. The van der Waals surface area contributed by atoms with Gasteiger partial charge in [-0.25, -0.2) is 9.97 Å². The van der Waals surface area contributed by atoms with Crippen molar-refractivity contribution in [1.82, 2.24) is 9.97 Å². The fourth-order valence-electron chi connectivity index (χ4n) is 7.85. The van der Waals surface area contributed by atoms with Crippen molar-refractivity contribution < 1.29 is 4.42 Å². The van der Waals surface area contributed by atoms with Gasteiger partial charge in [0.1, 0.15) is 11.3 Å². The number of thiophene rings is 1. The minimum Gasteiger partial charge on any atom is -0.454 e. The predicted molar refractivity (Wildman–Crippen MR) is 227 cm³/mol. The summed E-state index contributed by atoms with van der Waals surface area (Å²) >= 11 is 1.86. The van der Waals surface area contributed by atoms with Crippen LogP contribution in [0.25, 0.3) is 109 Å². The first-order valence-corrected chi connectivity index (χ1v) is 19.0. The Balaban J connectivity index is 1.00. The van der Waals surface area contributed by atoms with Gasteiger partial charge in [0.15, 0.2) is 5.58 Å². The van der Waals surface area contributed by atoms with Crippen LogP contribution in [0.15, 0.2) is 186 Å². The van der Waals surface area contributed by atoms with Crippen molar-refractivity contribution >= 4 is 64.4 Å². The van der Waals surface area contributed by atoms with Crippen molar-refractivity contribution in [3.05, 3.63) is 182 Å². The van der Waals surface area contributed by atoms with Gasteiger partial charge in [0.25, 0.3) is 0 Å². The summed E-state index contributed by atoms with van der Waals surface area (Å²) in [4.78, 5) is 10.3. The fourth-order valence-corrected chi connectivity index (χ4v) is 9.08. The van der Waals surface area contributed by atoms with Gasteiger partial charge in [-0.1, -0.05) is 152 Å². The van der Waals surface area contributed by atoms with Crippen LogP contribution in [-0.4, -0.2) is 9.97 Å². The first-order chi connectivity index (χ1) is 26.7. The molecule has 0 aliphatic rings. The van der Waals surface area contributed by atoms with Crippen molar-refractivity contribution in [3.8, 4) is 56.0 Å². The summed E-state index contributed by atoms with van der Waals surface area (Å²) < 4.78 is 9.13. The van der Waals surface area contributed by atoms with Crippen molar-refractivity contribution in [2.24, 2.45) is 0 Å². The van der Waals surface area contributed by atoms with Crippen molar-refractivity contribution in [3.63, 3.8) is 0 Å². The Morgan fingerprint density at radius 2 is 1.02 bits per heavy atom. The number of hydrogen-bond donors (Lipinski definition) is 0. The highest BCUT2D eigenvalue weighted by Gasteiger charge is 2.18. The molecule has 11 aromatic rings. The summed E-state index contributed by atoms with van der Waals surface area (Å²) in [7, 11) is 0. The smallest absolute Gasteiger partial charge is 0.162 e. The van der Waals surface area contributed by atoms with Gasteiger partial charge in [-0.15, -0.1) is 11.3 Å². The molecule has 0 unspecified atom stereocenters. The number of furan rings is 1. The van der Waals surface area contributed by atoms with Crippen molar-refractivity contribution in [1.29, 1.82) is 0 Å². The molecule has 4 heteroatoms. The summed E-state index contributed by atoms with van der Waals surface area (Å²) in [6.07, 6.45) is 0. The summed E-state index contributed by atoms with van der Waals surface area (Å²) in [5.74, 6) is 0. The highest BCUT2D eigenvalue weighted by molar-refractivity contribution is 7.26. The van der Waals surface area contributed by atoms with E-state index < -0.39 is 0 Å². The normalized spacial score (nSPS) is 11.7. The Labute approximate surface area is 315 Å². The van der Waals surface area contributed by atoms with Crippen LogP contribution in [0.1, 0.15) is 0 Å². The zero-order valence-corrected chi connectivity index (χ0v) is 29.8. The Kier molecular flexibility index (Phi) is 7.04. The largest absolute Gasteiger partial charge is 0.454 e. The molecule has 0 saturated heterocycles. The van der Waals surface area contributed by atoms with Crippen LogP contribution < -0.4 is 0 Å². The monoisotopic (exact) mass is 706 g/mol. The third kappa shape index (κ3) is 5.03. The van der Waals surface area contributed by atoms with E-state index in [0.717, 1.165) is 77.7 Å². The van der Waals surface area contributed by atoms with Crippen molar-refractivity contribution in [2.75, 3.05) is 0 Å². The van der Waals surface area contributed by atoms with Gasteiger partial charge in [0, 0.05) is 53.0 Å². The maximum Gasteiger partial charge on any atom is 0.162 e. The van der Waals surface area contributed by atoms with E-state index in [0.29, 0.717) is 0 Å². The van der Waals surface area contributed by atoms with E-state index in [9.17, 15) is 0 Å². The number of hydrogen-bond acceptors (Lipinski definition) is 4. The molecule has 252 valence electrons. The molecule has 0 spiro atoms. The van der Waals surface area contributed by atoms with E-state index in [4.69, 9.17) is 14.4 Å². The number of rotatable bonds is 5. The molecule has 0 atom stereocenters. The molecule has 7 aromatic carbocycles. The summed E-state index contributed by atoms with van der Waals surface area (Å²) in [6.45, 7) is 0. The zero-order chi connectivity index (χ0) is 35.6. The summed E-state index contributed by atoms with van der Waals surface area (Å²) in [6, 6.07) is 64.2. The number of fused-ring (bicyclic) bond motifs is 8. The van der Waals surface area contributed by atoms with Crippen LogP contribution in [0.3, 0.4) is 0 Å². The summed E-state index contributed by atoms with van der Waals surface area (Å²) in [5.41, 5.74) is 13.2. The van der Waals surface area contributed by atoms with Crippen LogP contribution in [0.5, 0.6) is 0 Å². The minimum atomic E-state index is 0.812. The molecule has 0 saturated carbocycles. The van der Waals surface area contributed by atoms with Gasteiger partial charge in [0.05, 0.1) is 16.9 Å². The molecular weight excluding hydrogens is 677 g/mol. The van der Waals surface area contributed by atoms with Gasteiger partial charge >= 0.3 is 0 Å². The average molecular weight is 707 g/mol. The Hall–Kier alpha value is -6.88. The summed E-state index contributed by atoms with van der Waals surface area (Å²) in [5, 5.41) is 5.93. The number of para-hydroxylation sites is 2. The molecule has 0 N–H and O–H groups in total. The Morgan fingerprint density at radius 1 is 0.407 bits per heavy atom. The molecule has 3 nitrogen and oxygen atoms in total. The van der Waals surface area contributed by atoms with Crippen LogP contribution in [0.4, 0.5) is 0 Å². The van der Waals surface area contributed by atoms with Gasteiger partial charge in [0.2, 0.25) is 0 Å². The molecule has 0 bridgehead atoms. The number of benzene rings is 7. The highest BCUT2D eigenvalue weighted by Crippen LogP contribution is 2.42. The van der Waals surface area contributed by atoms with Gasteiger partial charge in [-0.3, -0.25) is 0 Å². The lowest BCUT2D eigenvalue weighted by Gasteiger charge is -2.12. The minimum absolute atomic E-state index is 0.812. The first kappa shape index (κ1) is 30.7. The van der Waals surface area contributed by atoms with E-state index in [1.54, 1.807) is 0 Å². The average Bonchev–Trinajstić information content (AvgIpc) is 3.83. The topological polar surface area (TPSA) is 38.9 Å². The van der Waals surface area contributed by atoms with E-state index in [1.807, 2.05) is 35.6 Å². The van der Waals surface area contributed by atoms with Gasteiger partial charge in [-0.2, -0.15) is 0 Å². The molecule has 54 heavy (non-hydrogen) atoms. The van der Waals surface area contributed by atoms with E-state index in [2.05, 4.69) is 158 Å². The standard InChI is InChI=1S/C50H30N2OS/c1-2-11-33(12-3-1)43-29-36(30-44(51-43)34-25-23-32(24-26-34)37-16-10-17-39-38-13-6-9-20-46(38)54-50(37)39)31-21-27-35(28-22-31)48-49-47(40-14-4-7-18-42(40)52-48)41-15-5-8-19-45(41)53-49/h1-30H. The third-order valence-electron chi connectivity index (χ3n) is 10.5. The van der Waals surface area contributed by atoms with E-state index in [1.165, 1.54) is 31.3 Å². The van der Waals surface area contributed by atoms with Gasteiger partial charge in [-0.05, 0) is 52.6 Å². The molecular formula is C50H30N2OS. The predicted octanol–water partition coefficient (Wildman–Crippen LogP) is 14.2. The quantitative estimate of drug-likeness (QED) is 0.179. The van der Waals surface area contributed by atoms with E-state index in [-0.39, 0.29) is 0 Å². The Bertz CT molecular complexity index is 3200. The second-order valence-corrected chi connectivity index (χ2v) is 14.8. The SMILES string of the molecule is c1ccc(-c2cc(-c3ccc(-c4nc5ccccc5c5c4oc4ccccc45)cc3)cc(-c3ccc(-c4cccc5c4sc4ccccc45)cc3)n2)cc1. The fraction of sp³-hybridized carbons (Fsp3) is 0. The molecule has 0 aliphatic heterocycles. The lowest BCUT2D eigenvalue weighted by atomic mass is 9.97. The molecule has 0 amide bonds. The third-order valence-corrected chi connectivity index (χ3v) is 11.7. The van der Waals surface area contributed by atoms with Crippen LogP contribution in [0, 0.1) is 0 Å². The number of aromatic nitrogens is 2. The molecule has 0 fully saturated rings. The molecule has 4 heterocycles. The maximum absolute atomic E-state index is 6.49. The van der Waals surface area contributed by atoms with Crippen LogP contribution in [-0.2, 0) is 0 Å². The second kappa shape index (κ2) is 12.4. The Morgan fingerprint density at radius 3 is 1.83 bits per heavy atom. The number of nitrogens with zero attached hydrogens (tertiary/aromatic N) is 2. The molecule has 0 radical (unpaired) electrons. The molecule has 11 rings (SSSR count). The molecule has 4 aromatic heterocycles. The van der Waals surface area contributed by atoms with Gasteiger partial charge < -0.3 is 4.42 Å². The van der Waals surface area contributed by atoms with Crippen LogP contribution in [0.2, 0.25) is 0 Å².